The maximum absolute atomic E-state index is 12.6. The van der Waals surface area contributed by atoms with E-state index in [4.69, 9.17) is 0 Å². The number of nitrogens with zero attached hydrogens (tertiary/aromatic N) is 2. The van der Waals surface area contributed by atoms with Crippen LogP contribution in [0.3, 0.4) is 0 Å². The summed E-state index contributed by atoms with van der Waals surface area (Å²) in [7, 11) is 1.77. The molecule has 0 heterocycles. The average Bonchev–Trinajstić information content (AvgIpc) is 2.63. The predicted octanol–water partition coefficient (Wildman–Crippen LogP) is 3.33. The van der Waals surface area contributed by atoms with E-state index in [1.54, 1.807) is 28.6 Å². The third-order valence-electron chi connectivity index (χ3n) is 3.88. The topological polar surface area (TPSA) is 52.7 Å². The molecule has 0 spiro atoms. The third kappa shape index (κ3) is 5.61. The van der Waals surface area contributed by atoms with Crippen molar-refractivity contribution in [2.24, 2.45) is 0 Å². The van der Waals surface area contributed by atoms with Crippen molar-refractivity contribution in [1.29, 1.82) is 0 Å². The Kier molecular flexibility index (Phi) is 7.69. The molecule has 0 aliphatic rings. The van der Waals surface area contributed by atoms with Gasteiger partial charge >= 0.3 is 0 Å². The highest BCUT2D eigenvalue weighted by Gasteiger charge is 2.17. The number of hydrogen-bond donors (Lipinski definition) is 1. The number of thioether (sulfide) groups is 1. The summed E-state index contributed by atoms with van der Waals surface area (Å²) in [6.07, 6.45) is 1.97. The fraction of sp³-hybridized carbons (Fsp3) is 0.300. The van der Waals surface area contributed by atoms with Crippen LogP contribution in [0.25, 0.3) is 0 Å². The second-order valence-corrected chi connectivity index (χ2v) is 6.74. The highest BCUT2D eigenvalue weighted by Crippen LogP contribution is 2.24. The Bertz CT molecular complexity index is 737. The molecule has 1 N–H and O–H groups in total. The molecule has 0 saturated heterocycles. The zero-order valence-electron chi connectivity index (χ0n) is 15.4. The van der Waals surface area contributed by atoms with E-state index in [-0.39, 0.29) is 24.9 Å². The summed E-state index contributed by atoms with van der Waals surface area (Å²) < 4.78 is 0. The van der Waals surface area contributed by atoms with E-state index < -0.39 is 0 Å². The summed E-state index contributed by atoms with van der Waals surface area (Å²) in [5.41, 5.74) is 1.66. The van der Waals surface area contributed by atoms with Gasteiger partial charge in [0.25, 0.3) is 0 Å². The van der Waals surface area contributed by atoms with Gasteiger partial charge in [0.15, 0.2) is 0 Å². The summed E-state index contributed by atoms with van der Waals surface area (Å²) >= 11 is 1.58. The van der Waals surface area contributed by atoms with E-state index in [0.717, 1.165) is 16.3 Å². The van der Waals surface area contributed by atoms with Gasteiger partial charge in [-0.2, -0.15) is 0 Å². The van der Waals surface area contributed by atoms with Crippen molar-refractivity contribution in [2.75, 3.05) is 43.2 Å². The molecule has 0 aliphatic heterocycles. The number of anilines is 2. The van der Waals surface area contributed by atoms with Gasteiger partial charge in [0.1, 0.15) is 0 Å². The Morgan fingerprint density at radius 2 is 1.65 bits per heavy atom. The zero-order chi connectivity index (χ0) is 18.9. The van der Waals surface area contributed by atoms with Gasteiger partial charge in [-0.3, -0.25) is 14.5 Å². The second-order valence-electron chi connectivity index (χ2n) is 5.89. The first-order chi connectivity index (χ1) is 12.5. The fourth-order valence-electron chi connectivity index (χ4n) is 2.67. The first-order valence-corrected chi connectivity index (χ1v) is 9.74. The lowest BCUT2D eigenvalue weighted by Crippen LogP contribution is -2.41. The molecule has 0 fully saturated rings. The summed E-state index contributed by atoms with van der Waals surface area (Å²) in [5.74, 6) is -0.164. The lowest BCUT2D eigenvalue weighted by atomic mass is 10.2. The first-order valence-electron chi connectivity index (χ1n) is 8.52. The van der Waals surface area contributed by atoms with Crippen molar-refractivity contribution in [2.45, 2.75) is 11.8 Å². The normalized spacial score (nSPS) is 10.6. The summed E-state index contributed by atoms with van der Waals surface area (Å²) in [5, 5.41) is 2.91. The van der Waals surface area contributed by atoms with Crippen LogP contribution in [0.1, 0.15) is 6.92 Å². The monoisotopic (exact) mass is 371 g/mol. The van der Waals surface area contributed by atoms with Crippen molar-refractivity contribution in [3.05, 3.63) is 54.6 Å². The molecule has 2 amide bonds. The van der Waals surface area contributed by atoms with Gasteiger partial charge in [-0.05, 0) is 44.5 Å². The molecule has 0 aromatic heterocycles. The minimum absolute atomic E-state index is 0.0292. The maximum atomic E-state index is 12.6. The van der Waals surface area contributed by atoms with Crippen LogP contribution in [0, 0.1) is 0 Å². The minimum atomic E-state index is -0.135. The van der Waals surface area contributed by atoms with Crippen molar-refractivity contribution in [1.82, 2.24) is 4.90 Å². The number of likely N-dealkylation sites (N-methyl/N-ethyl adjacent to an activating group) is 2. The van der Waals surface area contributed by atoms with E-state index in [1.165, 1.54) is 0 Å². The second kappa shape index (κ2) is 9.99. The molecular weight excluding hydrogens is 346 g/mol. The fourth-order valence-corrected chi connectivity index (χ4v) is 3.22. The smallest absolute Gasteiger partial charge is 0.241 e. The molecule has 0 radical (unpaired) electrons. The predicted molar refractivity (Wildman–Crippen MR) is 109 cm³/mol. The molecule has 0 saturated carbocycles. The van der Waals surface area contributed by atoms with Crippen LogP contribution in [0.5, 0.6) is 0 Å². The van der Waals surface area contributed by atoms with E-state index in [0.29, 0.717) is 6.54 Å². The quantitative estimate of drug-likeness (QED) is 0.723. The molecule has 0 bridgehead atoms. The van der Waals surface area contributed by atoms with Crippen LogP contribution in [-0.2, 0) is 9.59 Å². The number of nitrogens with one attached hydrogen (secondary N) is 1. The van der Waals surface area contributed by atoms with Crippen LogP contribution < -0.4 is 10.2 Å². The standard InChI is InChI=1S/C20H25N3O2S/c1-4-23(16-10-6-5-7-11-16)20(25)15-22(2)14-19(24)21-17-12-8-9-13-18(17)26-3/h5-13H,4,14-15H2,1-3H3,(H,21,24). The van der Waals surface area contributed by atoms with E-state index in [2.05, 4.69) is 5.32 Å². The SMILES string of the molecule is CCN(C(=O)CN(C)CC(=O)Nc1ccccc1SC)c1ccccc1. The molecule has 2 aromatic carbocycles. The zero-order valence-corrected chi connectivity index (χ0v) is 16.3. The molecule has 6 heteroatoms. The van der Waals surface area contributed by atoms with Crippen molar-refractivity contribution >= 4 is 35.0 Å². The maximum Gasteiger partial charge on any atom is 0.241 e. The van der Waals surface area contributed by atoms with Crippen molar-refractivity contribution < 1.29 is 9.59 Å². The van der Waals surface area contributed by atoms with Crippen molar-refractivity contribution in [3.63, 3.8) is 0 Å². The lowest BCUT2D eigenvalue weighted by molar-refractivity contribution is -0.121. The van der Waals surface area contributed by atoms with E-state index in [1.807, 2.05) is 67.8 Å². The molecule has 138 valence electrons. The Hall–Kier alpha value is -2.31. The molecule has 2 aromatic rings. The minimum Gasteiger partial charge on any atom is -0.324 e. The molecule has 0 aliphatic carbocycles. The Morgan fingerprint density at radius 3 is 2.31 bits per heavy atom. The van der Waals surface area contributed by atoms with Gasteiger partial charge < -0.3 is 10.2 Å². The average molecular weight is 372 g/mol. The van der Waals surface area contributed by atoms with Gasteiger partial charge in [0.2, 0.25) is 11.8 Å². The summed E-state index contributed by atoms with van der Waals surface area (Å²) in [4.78, 5) is 29.3. The van der Waals surface area contributed by atoms with Crippen molar-refractivity contribution in [3.8, 4) is 0 Å². The number of rotatable bonds is 8. The Balaban J connectivity index is 1.91. The first kappa shape index (κ1) is 20.0. The van der Waals surface area contributed by atoms with E-state index >= 15 is 0 Å². The van der Waals surface area contributed by atoms with Gasteiger partial charge in [0.05, 0.1) is 18.8 Å². The highest BCUT2D eigenvalue weighted by molar-refractivity contribution is 7.98. The number of benzene rings is 2. The number of para-hydroxylation sites is 2. The van der Waals surface area contributed by atoms with Crippen LogP contribution in [0.2, 0.25) is 0 Å². The van der Waals surface area contributed by atoms with Crippen LogP contribution in [0.15, 0.2) is 59.5 Å². The molecule has 0 unspecified atom stereocenters. The van der Waals surface area contributed by atoms with Gasteiger partial charge in [-0.1, -0.05) is 30.3 Å². The molecule has 2 rings (SSSR count). The van der Waals surface area contributed by atoms with Crippen LogP contribution >= 0.6 is 11.8 Å². The number of carbonyl (C=O) groups is 2. The van der Waals surface area contributed by atoms with Gasteiger partial charge in [-0.15, -0.1) is 11.8 Å². The molecule has 26 heavy (non-hydrogen) atoms. The lowest BCUT2D eigenvalue weighted by Gasteiger charge is -2.24. The highest BCUT2D eigenvalue weighted by atomic mass is 32.2. The number of amides is 2. The van der Waals surface area contributed by atoms with Crippen LogP contribution in [-0.4, -0.2) is 49.7 Å². The summed E-state index contributed by atoms with van der Waals surface area (Å²) in [6, 6.07) is 17.2. The summed E-state index contributed by atoms with van der Waals surface area (Å²) in [6.45, 7) is 2.86. The number of hydrogen-bond acceptors (Lipinski definition) is 4. The van der Waals surface area contributed by atoms with E-state index in [9.17, 15) is 9.59 Å². The van der Waals surface area contributed by atoms with Gasteiger partial charge in [0, 0.05) is 17.1 Å². The number of carbonyl (C=O) groups excluding carboxylic acids is 2. The molecule has 5 nitrogen and oxygen atoms in total. The molecular formula is C20H25N3O2S. The third-order valence-corrected chi connectivity index (χ3v) is 4.68. The Labute approximate surface area is 159 Å². The molecule has 0 atom stereocenters. The van der Waals surface area contributed by atoms with Crippen LogP contribution in [0.4, 0.5) is 11.4 Å². The Morgan fingerprint density at radius 1 is 1.00 bits per heavy atom. The van der Waals surface area contributed by atoms with Gasteiger partial charge in [-0.25, -0.2) is 0 Å². The largest absolute Gasteiger partial charge is 0.324 e.